The maximum absolute atomic E-state index is 11.9. The number of nitrogens with zero attached hydrogens (tertiary/aromatic N) is 2. The van der Waals surface area contributed by atoms with Crippen molar-refractivity contribution in [3.05, 3.63) is 42.5 Å². The summed E-state index contributed by atoms with van der Waals surface area (Å²) in [6, 6.07) is 9.71. The van der Waals surface area contributed by atoms with Crippen molar-refractivity contribution >= 4 is 5.69 Å². The molecule has 10 atom stereocenters. The summed E-state index contributed by atoms with van der Waals surface area (Å²) >= 11 is 0. The Bertz CT molecular complexity index is 833. The Labute approximate surface area is 178 Å². The van der Waals surface area contributed by atoms with E-state index in [0.717, 1.165) is 30.3 Å². The molecule has 2 N–H and O–H groups in total. The van der Waals surface area contributed by atoms with E-state index in [-0.39, 0.29) is 40.8 Å². The van der Waals surface area contributed by atoms with Crippen LogP contribution in [-0.2, 0) is 5.41 Å². The van der Waals surface area contributed by atoms with Gasteiger partial charge in [-0.3, -0.25) is 4.48 Å². The highest BCUT2D eigenvalue weighted by molar-refractivity contribution is 5.66. The molecule has 5 bridgehead atoms. The SMILES string of the molecule is C=CC[N+]12C(O)C(CC)C3CC1C1N(C)c4ccccc4C14CC2C3C4O.[Br-]. The van der Waals surface area contributed by atoms with Crippen LogP contribution in [0.4, 0.5) is 5.69 Å². The van der Waals surface area contributed by atoms with Gasteiger partial charge < -0.3 is 32.1 Å². The number of hydrogen-bond acceptors (Lipinski definition) is 3. The fraction of sp³-hybridized carbons (Fsp3) is 0.652. The number of aliphatic hydroxyl groups is 2. The number of aliphatic hydroxyl groups excluding tert-OH is 2. The Balaban J connectivity index is 0.00000171. The molecule has 1 saturated carbocycles. The normalized spacial score (nSPS) is 51.6. The summed E-state index contributed by atoms with van der Waals surface area (Å²) in [5.74, 6) is 1.05. The third-order valence-electron chi connectivity index (χ3n) is 9.56. The van der Waals surface area contributed by atoms with Gasteiger partial charge in [0.25, 0.3) is 0 Å². The minimum atomic E-state index is -0.321. The lowest BCUT2D eigenvalue weighted by molar-refractivity contribution is -1.03. The highest BCUT2D eigenvalue weighted by Gasteiger charge is 2.82. The zero-order valence-corrected chi connectivity index (χ0v) is 18.3. The van der Waals surface area contributed by atoms with Crippen LogP contribution in [0.3, 0.4) is 0 Å². The number of para-hydroxylation sites is 1. The molecule has 4 nitrogen and oxygen atoms in total. The average Bonchev–Trinajstić information content (AvgIpc) is 3.06. The monoisotopic (exact) mass is 446 g/mol. The first-order chi connectivity index (χ1) is 13.0. The number of anilines is 1. The van der Waals surface area contributed by atoms with Gasteiger partial charge >= 0.3 is 0 Å². The van der Waals surface area contributed by atoms with Crippen LogP contribution in [0.15, 0.2) is 36.9 Å². The van der Waals surface area contributed by atoms with Crippen LogP contribution in [0.5, 0.6) is 0 Å². The summed E-state index contributed by atoms with van der Waals surface area (Å²) in [4.78, 5) is 2.44. The highest BCUT2D eigenvalue weighted by Crippen LogP contribution is 2.71. The zero-order valence-electron chi connectivity index (χ0n) is 16.7. The highest BCUT2D eigenvalue weighted by atomic mass is 79.9. The first-order valence-electron chi connectivity index (χ1n) is 10.7. The van der Waals surface area contributed by atoms with Crippen molar-refractivity contribution in [2.75, 3.05) is 18.5 Å². The maximum atomic E-state index is 11.9. The van der Waals surface area contributed by atoms with E-state index in [0.29, 0.717) is 29.8 Å². The molecule has 6 aliphatic rings. The Hall–Kier alpha value is -0.880. The Morgan fingerprint density at radius 3 is 2.75 bits per heavy atom. The first kappa shape index (κ1) is 19.1. The second-order valence-corrected chi connectivity index (χ2v) is 9.83. The van der Waals surface area contributed by atoms with Gasteiger partial charge in [0.15, 0.2) is 6.23 Å². The maximum Gasteiger partial charge on any atom is 0.194 e. The molecule has 0 aromatic heterocycles. The Morgan fingerprint density at radius 2 is 2.04 bits per heavy atom. The Kier molecular flexibility index (Phi) is 3.99. The van der Waals surface area contributed by atoms with Gasteiger partial charge in [-0.05, 0) is 30.0 Å². The van der Waals surface area contributed by atoms with Crippen molar-refractivity contribution in [2.24, 2.45) is 17.8 Å². The molecular weight excluding hydrogens is 416 g/mol. The van der Waals surface area contributed by atoms with Crippen LogP contribution in [0, 0.1) is 17.8 Å². The molecule has 152 valence electrons. The number of quaternary nitrogens is 1. The molecule has 0 radical (unpaired) electrons. The molecular formula is C23H31BrN2O2. The summed E-state index contributed by atoms with van der Waals surface area (Å²) in [7, 11) is 2.21. The molecule has 10 unspecified atom stereocenters. The number of halogens is 1. The van der Waals surface area contributed by atoms with Crippen LogP contribution in [-0.4, -0.2) is 58.7 Å². The number of rotatable bonds is 3. The Morgan fingerprint density at radius 1 is 1.29 bits per heavy atom. The number of hydrogen-bond donors (Lipinski definition) is 2. The van der Waals surface area contributed by atoms with Gasteiger partial charge in [-0.15, -0.1) is 0 Å². The molecule has 1 aliphatic carbocycles. The second kappa shape index (κ2) is 5.84. The smallest absolute Gasteiger partial charge is 0.194 e. The third kappa shape index (κ3) is 1.69. The van der Waals surface area contributed by atoms with Crippen molar-refractivity contribution in [1.29, 1.82) is 0 Å². The fourth-order valence-corrected chi connectivity index (χ4v) is 8.98. The molecule has 5 heteroatoms. The summed E-state index contributed by atoms with van der Waals surface area (Å²) in [6.45, 7) is 7.10. The van der Waals surface area contributed by atoms with Gasteiger partial charge in [0.2, 0.25) is 0 Å². The minimum Gasteiger partial charge on any atom is -1.00 e. The van der Waals surface area contributed by atoms with E-state index in [4.69, 9.17) is 0 Å². The summed E-state index contributed by atoms with van der Waals surface area (Å²) in [5, 5.41) is 23.5. The van der Waals surface area contributed by atoms with Crippen LogP contribution in [0.2, 0.25) is 0 Å². The summed E-state index contributed by atoms with van der Waals surface area (Å²) < 4.78 is 0.755. The fourth-order valence-electron chi connectivity index (χ4n) is 8.98. The van der Waals surface area contributed by atoms with Gasteiger partial charge in [-0.2, -0.15) is 0 Å². The van der Waals surface area contributed by atoms with E-state index in [1.165, 1.54) is 11.3 Å². The lowest BCUT2D eigenvalue weighted by Crippen LogP contribution is -3.00. The van der Waals surface area contributed by atoms with Crippen molar-refractivity contribution in [3.63, 3.8) is 0 Å². The molecule has 1 spiro atoms. The molecule has 4 saturated heterocycles. The number of benzene rings is 1. The topological polar surface area (TPSA) is 43.7 Å². The van der Waals surface area contributed by atoms with Gasteiger partial charge in [0.05, 0.1) is 30.1 Å². The van der Waals surface area contributed by atoms with Gasteiger partial charge in [0, 0.05) is 37.4 Å². The molecule has 28 heavy (non-hydrogen) atoms. The van der Waals surface area contributed by atoms with Crippen molar-refractivity contribution in [2.45, 2.75) is 62.1 Å². The second-order valence-electron chi connectivity index (χ2n) is 9.83. The lowest BCUT2D eigenvalue weighted by atomic mass is 9.60. The molecule has 5 aliphatic heterocycles. The van der Waals surface area contributed by atoms with E-state index in [1.807, 2.05) is 6.08 Å². The molecule has 1 aromatic carbocycles. The van der Waals surface area contributed by atoms with E-state index >= 15 is 0 Å². The summed E-state index contributed by atoms with van der Waals surface area (Å²) in [5.41, 5.74) is 2.47. The molecule has 5 heterocycles. The quantitative estimate of drug-likeness (QED) is 0.474. The van der Waals surface area contributed by atoms with Gasteiger partial charge in [0.1, 0.15) is 6.04 Å². The van der Waals surface area contributed by atoms with Crippen LogP contribution >= 0.6 is 0 Å². The summed E-state index contributed by atoms with van der Waals surface area (Å²) in [6.07, 6.45) is 4.52. The van der Waals surface area contributed by atoms with Gasteiger partial charge in [-0.1, -0.05) is 31.7 Å². The minimum absolute atomic E-state index is 0. The predicted molar refractivity (Wildman–Crippen MR) is 105 cm³/mol. The lowest BCUT2D eigenvalue weighted by Gasteiger charge is -2.67. The number of fused-ring (bicyclic) bond motifs is 2. The molecule has 1 aromatic rings. The molecule has 0 amide bonds. The zero-order chi connectivity index (χ0) is 18.7. The van der Waals surface area contributed by atoms with E-state index in [1.54, 1.807) is 0 Å². The number of piperidine rings is 4. The van der Waals surface area contributed by atoms with Crippen molar-refractivity contribution < 1.29 is 31.7 Å². The average molecular weight is 447 g/mol. The van der Waals surface area contributed by atoms with Crippen molar-refractivity contribution in [3.8, 4) is 0 Å². The number of likely N-dealkylation sites (N-methyl/N-ethyl adjacent to an activating group) is 1. The molecule has 7 rings (SSSR count). The van der Waals surface area contributed by atoms with Crippen LogP contribution in [0.25, 0.3) is 0 Å². The van der Waals surface area contributed by atoms with E-state index in [2.05, 4.69) is 49.7 Å². The van der Waals surface area contributed by atoms with Crippen molar-refractivity contribution in [1.82, 2.24) is 0 Å². The van der Waals surface area contributed by atoms with Crippen LogP contribution < -0.4 is 21.9 Å². The van der Waals surface area contributed by atoms with Gasteiger partial charge in [-0.25, -0.2) is 0 Å². The molecule has 5 fully saturated rings. The predicted octanol–water partition coefficient (Wildman–Crippen LogP) is -0.741. The standard InChI is InChI=1S/C23H31N2O2.BrH/c1-4-10-25-17-11-14(13(5-2)22(25)27)19-18(25)12-23(21(19)26)15-8-6-7-9-16(15)24(3)20(17)23;/h4,6-9,13-14,17-22,26-27H,1,5,10-12H2,2-3H3;1H/q+1;/p-1. The third-order valence-corrected chi connectivity index (χ3v) is 9.56. The van der Waals surface area contributed by atoms with E-state index in [9.17, 15) is 10.2 Å². The van der Waals surface area contributed by atoms with Crippen LogP contribution in [0.1, 0.15) is 31.7 Å². The van der Waals surface area contributed by atoms with E-state index < -0.39 is 0 Å². The largest absolute Gasteiger partial charge is 1.00 e. The first-order valence-corrected chi connectivity index (χ1v) is 10.7.